The highest BCUT2D eigenvalue weighted by Gasteiger charge is 2.57. The van der Waals surface area contributed by atoms with E-state index >= 15 is 4.39 Å². The van der Waals surface area contributed by atoms with Crippen LogP contribution in [0.2, 0.25) is 0 Å². The molecule has 4 aromatic rings. The number of benzene rings is 2. The minimum atomic E-state index is -2.23. The number of amides is 1. The molecule has 10 nitrogen and oxygen atoms in total. The van der Waals surface area contributed by atoms with Crippen LogP contribution in [-0.4, -0.2) is 44.3 Å². The lowest BCUT2D eigenvalue weighted by atomic mass is 9.94. The first kappa shape index (κ1) is 23.7. The fourth-order valence-electron chi connectivity index (χ4n) is 4.02. The van der Waals surface area contributed by atoms with Crippen molar-refractivity contribution in [1.29, 1.82) is 5.26 Å². The van der Waals surface area contributed by atoms with Crippen molar-refractivity contribution >= 4 is 23.2 Å². The van der Waals surface area contributed by atoms with Crippen molar-refractivity contribution in [1.82, 2.24) is 14.6 Å². The normalized spacial score (nSPS) is 18.8. The molecule has 2 N–H and O–H groups in total. The predicted octanol–water partition coefficient (Wildman–Crippen LogP) is 3.13. The maximum atomic E-state index is 15.3. The van der Waals surface area contributed by atoms with Gasteiger partial charge in [0.15, 0.2) is 17.4 Å². The van der Waals surface area contributed by atoms with E-state index in [-0.39, 0.29) is 22.6 Å². The van der Waals surface area contributed by atoms with Gasteiger partial charge in [-0.3, -0.25) is 4.79 Å². The lowest BCUT2D eigenvalue weighted by Crippen LogP contribution is -2.41. The Kier molecular flexibility index (Phi) is 6.09. The van der Waals surface area contributed by atoms with Crippen molar-refractivity contribution < 1.29 is 28.6 Å². The van der Waals surface area contributed by atoms with Crippen LogP contribution in [0.25, 0.3) is 5.52 Å². The Hall–Kier alpha value is -5.08. The zero-order valence-electron chi connectivity index (χ0n) is 19.0. The number of rotatable bonds is 6. The van der Waals surface area contributed by atoms with Crippen LogP contribution in [0.4, 0.5) is 10.2 Å². The van der Waals surface area contributed by atoms with Gasteiger partial charge >= 0.3 is 5.97 Å². The van der Waals surface area contributed by atoms with Crippen molar-refractivity contribution in [2.24, 2.45) is 0 Å². The van der Waals surface area contributed by atoms with Crippen LogP contribution in [0.3, 0.4) is 0 Å². The smallest absolute Gasteiger partial charge is 0.339 e. The van der Waals surface area contributed by atoms with Crippen LogP contribution in [-0.2, 0) is 15.1 Å². The van der Waals surface area contributed by atoms with E-state index in [0.29, 0.717) is 5.56 Å². The molecule has 2 atom stereocenters. The van der Waals surface area contributed by atoms with E-state index < -0.39 is 41.8 Å². The number of carbonyl (C=O) groups excluding carboxylic acids is 2. The Morgan fingerprint density at radius 1 is 1.11 bits per heavy atom. The number of aromatic nitrogens is 3. The summed E-state index contributed by atoms with van der Waals surface area (Å²) in [6.07, 6.45) is -0.707. The van der Waals surface area contributed by atoms with Gasteiger partial charge in [-0.05, 0) is 36.4 Å². The Bertz CT molecular complexity index is 1560. The molecule has 0 unspecified atom stereocenters. The van der Waals surface area contributed by atoms with Crippen LogP contribution < -0.4 is 5.32 Å². The van der Waals surface area contributed by atoms with Crippen LogP contribution >= 0.6 is 0 Å². The number of aliphatic hydroxyl groups is 1. The van der Waals surface area contributed by atoms with Crippen molar-refractivity contribution in [2.75, 3.05) is 11.9 Å². The number of hydrogen-bond acceptors (Lipinski definition) is 8. The molecule has 37 heavy (non-hydrogen) atoms. The van der Waals surface area contributed by atoms with Gasteiger partial charge in [0.2, 0.25) is 6.10 Å². The van der Waals surface area contributed by atoms with Crippen molar-refractivity contribution in [3.8, 4) is 6.07 Å². The molecule has 0 bridgehead atoms. The first-order valence-corrected chi connectivity index (χ1v) is 11.0. The van der Waals surface area contributed by atoms with Gasteiger partial charge in [-0.25, -0.2) is 18.7 Å². The van der Waals surface area contributed by atoms with Crippen LogP contribution in [0, 0.1) is 11.3 Å². The molecule has 184 valence electrons. The van der Waals surface area contributed by atoms with Gasteiger partial charge in [0, 0.05) is 5.56 Å². The summed E-state index contributed by atoms with van der Waals surface area (Å²) in [5.74, 6) is -2.85. The fraction of sp³-hybridized carbons (Fsp3) is 0.115. The summed E-state index contributed by atoms with van der Waals surface area (Å²) < 4.78 is 27.6. The van der Waals surface area contributed by atoms with Gasteiger partial charge in [0.1, 0.15) is 30.2 Å². The highest BCUT2D eigenvalue weighted by Crippen LogP contribution is 2.45. The summed E-state index contributed by atoms with van der Waals surface area (Å²) in [4.78, 5) is 29.6. The number of aliphatic hydroxyl groups excluding tert-OH is 1. The Morgan fingerprint density at radius 3 is 2.43 bits per heavy atom. The Morgan fingerprint density at radius 2 is 1.78 bits per heavy atom. The molecule has 0 aliphatic carbocycles. The molecular formula is C26H18FN5O5. The van der Waals surface area contributed by atoms with Crippen LogP contribution in [0.5, 0.6) is 0 Å². The molecule has 5 rings (SSSR count). The number of fused-ring (bicyclic) bond motifs is 1. The lowest BCUT2D eigenvalue weighted by molar-refractivity contribution is -0.0427. The zero-order chi connectivity index (χ0) is 26.0. The summed E-state index contributed by atoms with van der Waals surface area (Å²) in [5, 5.41) is 26.7. The molecular weight excluding hydrogens is 481 g/mol. The molecule has 3 heterocycles. The standard InChI is InChI=1S/C26H18FN5O5/c27-21-19(13-33)37-26(14-28,22(21)36-25(35)17-9-5-2-6-10-17)20-12-11-18-23(29-15-30-32(18)20)31-24(34)16-7-3-1-4-8-16/h1-12,15,22,33H,13H2,(H,29,30,31,34)/t22-,26-/m0/s1. The van der Waals surface area contributed by atoms with Crippen LogP contribution in [0.15, 0.2) is 90.7 Å². The van der Waals surface area contributed by atoms with Crippen molar-refractivity contribution in [3.05, 3.63) is 108 Å². The third-order valence-corrected chi connectivity index (χ3v) is 5.79. The molecule has 0 spiro atoms. The average Bonchev–Trinajstić information content (AvgIpc) is 3.50. The zero-order valence-corrected chi connectivity index (χ0v) is 19.0. The molecule has 1 aliphatic rings. The summed E-state index contributed by atoms with van der Waals surface area (Å²) >= 11 is 0. The molecule has 0 radical (unpaired) electrons. The number of nitrogens with zero attached hydrogens (tertiary/aromatic N) is 4. The molecule has 1 aliphatic heterocycles. The second kappa shape index (κ2) is 9.52. The number of nitriles is 1. The van der Waals surface area contributed by atoms with Gasteiger partial charge in [-0.2, -0.15) is 10.4 Å². The molecule has 1 amide bonds. The van der Waals surface area contributed by atoms with E-state index in [9.17, 15) is 20.0 Å². The Labute approximate surface area is 209 Å². The van der Waals surface area contributed by atoms with Gasteiger partial charge in [-0.1, -0.05) is 36.4 Å². The monoisotopic (exact) mass is 499 g/mol. The second-order valence-corrected chi connectivity index (χ2v) is 7.97. The van der Waals surface area contributed by atoms with Gasteiger partial charge < -0.3 is 19.9 Å². The van der Waals surface area contributed by atoms with Crippen LogP contribution in [0.1, 0.15) is 26.4 Å². The molecule has 11 heteroatoms. The number of anilines is 1. The number of nitrogens with one attached hydrogen (secondary N) is 1. The largest absolute Gasteiger partial charge is 0.461 e. The molecule has 0 saturated carbocycles. The first-order chi connectivity index (χ1) is 18.0. The summed E-state index contributed by atoms with van der Waals surface area (Å²) in [6.45, 7) is -0.870. The maximum absolute atomic E-state index is 15.3. The molecule has 0 saturated heterocycles. The fourth-order valence-corrected chi connectivity index (χ4v) is 4.02. The SMILES string of the molecule is N#C[C@@]1(c2ccc3c(NC(=O)c4ccccc4)ncnn23)OC(CO)=C(F)[C@@H]1OC(=O)c1ccccc1. The maximum Gasteiger partial charge on any atom is 0.339 e. The highest BCUT2D eigenvalue weighted by molar-refractivity contribution is 6.05. The minimum absolute atomic E-state index is 0.00734. The lowest BCUT2D eigenvalue weighted by Gasteiger charge is -2.27. The predicted molar refractivity (Wildman–Crippen MR) is 127 cm³/mol. The van der Waals surface area contributed by atoms with Crippen molar-refractivity contribution in [3.63, 3.8) is 0 Å². The molecule has 0 fully saturated rings. The van der Waals surface area contributed by atoms with E-state index in [1.165, 1.54) is 28.8 Å². The topological polar surface area (TPSA) is 139 Å². The average molecular weight is 499 g/mol. The number of carbonyl (C=O) groups is 2. The van der Waals surface area contributed by atoms with E-state index in [1.54, 1.807) is 48.5 Å². The minimum Gasteiger partial charge on any atom is -0.461 e. The van der Waals surface area contributed by atoms with Gasteiger partial charge in [-0.15, -0.1) is 0 Å². The number of esters is 1. The Balaban J connectivity index is 1.55. The highest BCUT2D eigenvalue weighted by atomic mass is 19.1. The summed E-state index contributed by atoms with van der Waals surface area (Å²) in [7, 11) is 0. The van der Waals surface area contributed by atoms with E-state index in [0.717, 1.165) is 6.33 Å². The van der Waals surface area contributed by atoms with E-state index in [4.69, 9.17) is 9.47 Å². The quantitative estimate of drug-likeness (QED) is 0.386. The number of ether oxygens (including phenoxy) is 2. The van der Waals surface area contributed by atoms with E-state index in [2.05, 4.69) is 15.4 Å². The third kappa shape index (κ3) is 4.05. The first-order valence-electron chi connectivity index (χ1n) is 11.0. The van der Waals surface area contributed by atoms with Crippen molar-refractivity contribution in [2.45, 2.75) is 11.7 Å². The summed E-state index contributed by atoms with van der Waals surface area (Å²) in [5.41, 5.74) is -1.44. The second-order valence-electron chi connectivity index (χ2n) is 7.97. The third-order valence-electron chi connectivity index (χ3n) is 5.79. The molecule has 2 aromatic carbocycles. The van der Waals surface area contributed by atoms with Gasteiger partial charge in [0.05, 0.1) is 5.56 Å². The number of halogens is 1. The van der Waals surface area contributed by atoms with E-state index in [1.807, 2.05) is 6.07 Å². The van der Waals surface area contributed by atoms with Gasteiger partial charge in [0.25, 0.3) is 11.5 Å². The summed E-state index contributed by atoms with van der Waals surface area (Å²) in [6, 6.07) is 21.1. The number of hydrogen-bond donors (Lipinski definition) is 2. The molecule has 2 aromatic heterocycles.